The normalized spacial score (nSPS) is 11.8. The van der Waals surface area contributed by atoms with Crippen LogP contribution in [0.15, 0.2) is 23.1 Å². The molecule has 0 aliphatic carbocycles. The van der Waals surface area contributed by atoms with E-state index in [1.165, 1.54) is 0 Å². The summed E-state index contributed by atoms with van der Waals surface area (Å²) in [5.74, 6) is 0. The lowest BCUT2D eigenvalue weighted by atomic mass is 10.1. The maximum absolute atomic E-state index is 12.3. The fourth-order valence-corrected chi connectivity index (χ4v) is 2.56. The molecule has 0 nitrogen and oxygen atoms in total. The van der Waals surface area contributed by atoms with Crippen LogP contribution in [-0.2, 0) is 12.8 Å². The second-order valence-corrected chi connectivity index (χ2v) is 5.54. The van der Waals surface area contributed by atoms with Gasteiger partial charge in [-0.25, -0.2) is 0 Å². The van der Waals surface area contributed by atoms with E-state index in [-0.39, 0.29) is 11.8 Å². The lowest BCUT2D eigenvalue weighted by molar-refractivity contribution is -0.0328. The van der Waals surface area contributed by atoms with Gasteiger partial charge in [-0.15, -0.1) is 0 Å². The van der Waals surface area contributed by atoms with Crippen LogP contribution in [0.2, 0.25) is 0 Å². The molecular weight excluding hydrogens is 313 g/mol. The quantitative estimate of drug-likeness (QED) is 0.530. The van der Waals surface area contributed by atoms with Crippen LogP contribution < -0.4 is 0 Å². The smallest absolute Gasteiger partial charge is 0.160 e. The van der Waals surface area contributed by atoms with Gasteiger partial charge in [0.2, 0.25) is 0 Å². The molecule has 0 spiro atoms. The number of aryl methyl sites for hydroxylation is 2. The van der Waals surface area contributed by atoms with Crippen molar-refractivity contribution in [2.24, 2.45) is 0 Å². The van der Waals surface area contributed by atoms with Gasteiger partial charge in [0.05, 0.1) is 0 Å². The third-order valence-corrected chi connectivity index (χ3v) is 3.74. The predicted molar refractivity (Wildman–Crippen MR) is 69.8 cm³/mol. The molecule has 0 aliphatic rings. The molecular formula is C12H14BrF3S. The second-order valence-electron chi connectivity index (χ2n) is 3.64. The molecule has 0 radical (unpaired) electrons. The molecule has 0 fully saturated rings. The Morgan fingerprint density at radius 2 is 2.00 bits per heavy atom. The molecule has 0 aliphatic heterocycles. The summed E-state index contributed by atoms with van der Waals surface area (Å²) >= 11 is 3.32. The summed E-state index contributed by atoms with van der Waals surface area (Å²) in [6.45, 7) is 1.88. The molecule has 5 heteroatoms. The molecule has 0 unspecified atom stereocenters. The van der Waals surface area contributed by atoms with Crippen molar-refractivity contribution in [3.8, 4) is 0 Å². The molecule has 0 bridgehead atoms. The van der Waals surface area contributed by atoms with E-state index in [2.05, 4.69) is 15.9 Å². The zero-order valence-electron chi connectivity index (χ0n) is 9.48. The molecule has 96 valence electrons. The van der Waals surface area contributed by atoms with Crippen LogP contribution in [0.25, 0.3) is 0 Å². The first-order valence-electron chi connectivity index (χ1n) is 5.39. The van der Waals surface area contributed by atoms with Crippen molar-refractivity contribution < 1.29 is 13.2 Å². The Morgan fingerprint density at radius 1 is 1.29 bits per heavy atom. The number of alkyl halides is 4. The van der Waals surface area contributed by atoms with Gasteiger partial charge in [-0.3, -0.25) is 0 Å². The number of hydrogen-bond donors (Lipinski definition) is 0. The average Bonchev–Trinajstić information content (AvgIpc) is 2.25. The van der Waals surface area contributed by atoms with Crippen molar-refractivity contribution >= 4 is 27.7 Å². The Balaban J connectivity index is 2.85. The van der Waals surface area contributed by atoms with E-state index >= 15 is 0 Å². The van der Waals surface area contributed by atoms with E-state index in [0.717, 1.165) is 29.3 Å². The Kier molecular flexibility index (Phi) is 5.86. The summed E-state index contributed by atoms with van der Waals surface area (Å²) in [6, 6.07) is 5.26. The summed E-state index contributed by atoms with van der Waals surface area (Å²) in [4.78, 5) is 0.322. The summed E-state index contributed by atoms with van der Waals surface area (Å²) in [7, 11) is 0. The van der Waals surface area contributed by atoms with Gasteiger partial charge in [-0.05, 0) is 48.2 Å². The van der Waals surface area contributed by atoms with E-state index in [1.807, 2.05) is 13.0 Å². The first-order chi connectivity index (χ1) is 7.96. The van der Waals surface area contributed by atoms with E-state index in [1.54, 1.807) is 12.1 Å². The zero-order chi connectivity index (χ0) is 12.9. The predicted octanol–water partition coefficient (Wildman–Crippen LogP) is 5.19. The summed E-state index contributed by atoms with van der Waals surface area (Å²) in [5, 5.41) is 0.910. The van der Waals surface area contributed by atoms with Gasteiger partial charge in [0.1, 0.15) is 0 Å². The highest BCUT2D eigenvalue weighted by atomic mass is 79.9. The minimum Gasteiger partial charge on any atom is -0.160 e. The molecule has 0 N–H and O–H groups in total. The lowest BCUT2D eigenvalue weighted by Crippen LogP contribution is -2.01. The van der Waals surface area contributed by atoms with E-state index in [0.29, 0.717) is 11.3 Å². The van der Waals surface area contributed by atoms with Gasteiger partial charge in [0.15, 0.2) is 0 Å². The van der Waals surface area contributed by atoms with E-state index in [4.69, 9.17) is 0 Å². The molecule has 0 heterocycles. The van der Waals surface area contributed by atoms with Gasteiger partial charge >= 0.3 is 5.51 Å². The van der Waals surface area contributed by atoms with Crippen LogP contribution in [-0.4, -0.2) is 10.8 Å². The average molecular weight is 327 g/mol. The van der Waals surface area contributed by atoms with Gasteiger partial charge in [0.25, 0.3) is 0 Å². The van der Waals surface area contributed by atoms with Crippen molar-refractivity contribution in [3.63, 3.8) is 0 Å². The number of rotatable bonds is 5. The van der Waals surface area contributed by atoms with Crippen molar-refractivity contribution in [1.82, 2.24) is 0 Å². The molecule has 1 rings (SSSR count). The van der Waals surface area contributed by atoms with Crippen molar-refractivity contribution in [1.29, 1.82) is 0 Å². The maximum atomic E-state index is 12.3. The van der Waals surface area contributed by atoms with Gasteiger partial charge in [0, 0.05) is 10.2 Å². The highest BCUT2D eigenvalue weighted by molar-refractivity contribution is 9.09. The monoisotopic (exact) mass is 326 g/mol. The largest absolute Gasteiger partial charge is 0.446 e. The van der Waals surface area contributed by atoms with Gasteiger partial charge < -0.3 is 0 Å². The molecule has 0 saturated heterocycles. The van der Waals surface area contributed by atoms with Crippen LogP contribution in [0.5, 0.6) is 0 Å². The third kappa shape index (κ3) is 5.34. The topological polar surface area (TPSA) is 0 Å². The molecule has 17 heavy (non-hydrogen) atoms. The Morgan fingerprint density at radius 3 is 2.53 bits per heavy atom. The first kappa shape index (κ1) is 14.9. The lowest BCUT2D eigenvalue weighted by Gasteiger charge is -2.11. The Bertz CT molecular complexity index is 363. The van der Waals surface area contributed by atoms with E-state index < -0.39 is 5.51 Å². The number of halogens is 4. The molecule has 0 aromatic heterocycles. The second kappa shape index (κ2) is 6.69. The van der Waals surface area contributed by atoms with Crippen molar-refractivity contribution in [3.05, 3.63) is 29.3 Å². The number of benzene rings is 1. The molecule has 1 aromatic carbocycles. The Hall–Kier alpha value is -0.160. The third-order valence-electron chi connectivity index (χ3n) is 2.33. The van der Waals surface area contributed by atoms with Crippen LogP contribution in [0.1, 0.15) is 24.5 Å². The highest BCUT2D eigenvalue weighted by Crippen LogP contribution is 2.39. The van der Waals surface area contributed by atoms with Crippen molar-refractivity contribution in [2.45, 2.75) is 36.6 Å². The minimum absolute atomic E-state index is 0.0248. The number of thioether (sulfide) groups is 1. The maximum Gasteiger partial charge on any atom is 0.446 e. The molecule has 0 atom stereocenters. The van der Waals surface area contributed by atoms with E-state index in [9.17, 15) is 13.2 Å². The Labute approximate surface area is 112 Å². The van der Waals surface area contributed by atoms with Crippen LogP contribution >= 0.6 is 27.7 Å². The van der Waals surface area contributed by atoms with Crippen molar-refractivity contribution in [2.75, 3.05) is 5.33 Å². The fraction of sp³-hybridized carbons (Fsp3) is 0.500. The fourth-order valence-electron chi connectivity index (χ4n) is 1.56. The minimum atomic E-state index is -4.21. The van der Waals surface area contributed by atoms with Crippen LogP contribution in [0, 0.1) is 0 Å². The standard InChI is InChI=1S/C12H14BrF3S/c1-2-10-8-9(4-3-7-13)5-6-11(10)17-12(14,15)16/h5-6,8H,2-4,7H2,1H3. The highest BCUT2D eigenvalue weighted by Gasteiger charge is 2.30. The zero-order valence-corrected chi connectivity index (χ0v) is 11.9. The summed E-state index contributed by atoms with van der Waals surface area (Å²) in [6.07, 6.45) is 2.52. The molecule has 0 saturated carbocycles. The van der Waals surface area contributed by atoms with Gasteiger partial charge in [-0.1, -0.05) is 35.0 Å². The van der Waals surface area contributed by atoms with Gasteiger partial charge in [-0.2, -0.15) is 13.2 Å². The first-order valence-corrected chi connectivity index (χ1v) is 7.33. The molecule has 0 amide bonds. The van der Waals surface area contributed by atoms with Crippen LogP contribution in [0.4, 0.5) is 13.2 Å². The summed E-state index contributed by atoms with van der Waals surface area (Å²) in [5.41, 5.74) is -2.33. The number of hydrogen-bond acceptors (Lipinski definition) is 1. The SMILES string of the molecule is CCc1cc(CCCBr)ccc1SC(F)(F)F. The van der Waals surface area contributed by atoms with Crippen LogP contribution in [0.3, 0.4) is 0 Å². The molecule has 1 aromatic rings. The summed E-state index contributed by atoms with van der Waals surface area (Å²) < 4.78 is 37.0.